The van der Waals surface area contributed by atoms with E-state index in [4.69, 9.17) is 9.47 Å². The van der Waals surface area contributed by atoms with Gasteiger partial charge in [-0.2, -0.15) is 0 Å². The maximum atomic E-state index is 13.4. The molecule has 2 unspecified atom stereocenters. The molecule has 0 radical (unpaired) electrons. The summed E-state index contributed by atoms with van der Waals surface area (Å²) in [6.45, 7) is 0. The first kappa shape index (κ1) is 31.3. The number of nitrogens with zero attached hydrogens (tertiary/aromatic N) is 1. The fraction of sp³-hybridized carbons (Fsp3) is 0.355. The van der Waals surface area contributed by atoms with Crippen LogP contribution in [0.2, 0.25) is 0 Å². The molecule has 2 aliphatic rings. The van der Waals surface area contributed by atoms with E-state index in [1.807, 2.05) is 24.3 Å². The molecule has 0 spiro atoms. The van der Waals surface area contributed by atoms with Gasteiger partial charge in [0.25, 0.3) is 0 Å². The number of esters is 1. The molecule has 4 N–H and O–H groups in total. The molecule has 228 valence electrons. The fourth-order valence-corrected chi connectivity index (χ4v) is 5.78. The Hall–Kier alpha value is -3.14. The van der Waals surface area contributed by atoms with Gasteiger partial charge in [-0.3, -0.25) is 4.79 Å². The molecule has 5 rings (SSSR count). The van der Waals surface area contributed by atoms with Crippen molar-refractivity contribution in [1.82, 2.24) is 0 Å². The molecule has 43 heavy (non-hydrogen) atoms. The Morgan fingerprint density at radius 3 is 2.26 bits per heavy atom. The summed E-state index contributed by atoms with van der Waals surface area (Å²) in [5.41, 5.74) is 2.09. The van der Waals surface area contributed by atoms with Gasteiger partial charge in [-0.15, -0.1) is 0 Å². The molecule has 12 heteroatoms. The standard InChI is InChI=1S/C31H31FINO9/c1-41-30(40)28-26(37)25(36)27(38)31(43-28)42-21-12-4-17(5-13-21)24-22(14-15-23(35)16-2-6-18(32)7-3-16)29(39)34(24)20-10-8-19(33)9-11-20/h2-13,22-28,31,35-38H,14-15H2,1H3/t22?,23-,24+,25-,26-,27?,28-,31+/m0/s1. The fourth-order valence-electron chi connectivity index (χ4n) is 5.42. The minimum absolute atomic E-state index is 0.0852. The first-order chi connectivity index (χ1) is 20.6. The van der Waals surface area contributed by atoms with E-state index < -0.39 is 54.5 Å². The molecule has 0 aliphatic carbocycles. The molecular formula is C31H31FINO9. The largest absolute Gasteiger partial charge is 0.467 e. The van der Waals surface area contributed by atoms with Crippen LogP contribution in [0.25, 0.3) is 0 Å². The number of aliphatic hydroxyl groups is 4. The highest BCUT2D eigenvalue weighted by molar-refractivity contribution is 14.1. The number of amides is 1. The number of anilines is 1. The van der Waals surface area contributed by atoms with Gasteiger partial charge in [-0.05, 0) is 95.1 Å². The first-order valence-corrected chi connectivity index (χ1v) is 14.7. The lowest BCUT2D eigenvalue weighted by Gasteiger charge is -2.48. The third-order valence-electron chi connectivity index (χ3n) is 7.80. The number of ether oxygens (including phenoxy) is 3. The lowest BCUT2D eigenvalue weighted by Crippen LogP contribution is -2.61. The van der Waals surface area contributed by atoms with E-state index in [0.717, 1.165) is 21.9 Å². The molecule has 3 aromatic rings. The van der Waals surface area contributed by atoms with E-state index in [1.54, 1.807) is 29.2 Å². The minimum atomic E-state index is -1.71. The van der Waals surface area contributed by atoms with E-state index in [9.17, 15) is 34.4 Å². The van der Waals surface area contributed by atoms with Crippen molar-refractivity contribution >= 4 is 40.2 Å². The molecule has 0 saturated carbocycles. The summed E-state index contributed by atoms with van der Waals surface area (Å²) in [5.74, 6) is -1.59. The van der Waals surface area contributed by atoms with E-state index in [2.05, 4.69) is 27.3 Å². The normalized spacial score (nSPS) is 27.7. The van der Waals surface area contributed by atoms with Crippen molar-refractivity contribution in [2.24, 2.45) is 5.92 Å². The van der Waals surface area contributed by atoms with Crippen molar-refractivity contribution in [2.45, 2.75) is 55.7 Å². The molecule has 10 nitrogen and oxygen atoms in total. The van der Waals surface area contributed by atoms with Crippen LogP contribution in [-0.4, -0.2) is 70.1 Å². The van der Waals surface area contributed by atoms with Crippen molar-refractivity contribution in [1.29, 1.82) is 0 Å². The molecule has 0 aromatic heterocycles. The van der Waals surface area contributed by atoms with Crippen molar-refractivity contribution in [3.63, 3.8) is 0 Å². The van der Waals surface area contributed by atoms with Crippen LogP contribution in [0, 0.1) is 15.3 Å². The van der Waals surface area contributed by atoms with Gasteiger partial charge in [-0.1, -0.05) is 24.3 Å². The van der Waals surface area contributed by atoms with Gasteiger partial charge in [-0.25, -0.2) is 9.18 Å². The van der Waals surface area contributed by atoms with Crippen LogP contribution < -0.4 is 9.64 Å². The van der Waals surface area contributed by atoms with Gasteiger partial charge in [0, 0.05) is 9.26 Å². The Morgan fingerprint density at radius 1 is 0.977 bits per heavy atom. The van der Waals surface area contributed by atoms with Crippen molar-refractivity contribution in [2.75, 3.05) is 12.0 Å². The van der Waals surface area contributed by atoms with Crippen molar-refractivity contribution in [3.8, 4) is 5.75 Å². The molecule has 2 fully saturated rings. The topological polar surface area (TPSA) is 146 Å². The number of methoxy groups -OCH3 is 1. The first-order valence-electron chi connectivity index (χ1n) is 13.6. The maximum Gasteiger partial charge on any atom is 0.337 e. The summed E-state index contributed by atoms with van der Waals surface area (Å²) >= 11 is 2.19. The Kier molecular flexibility index (Phi) is 9.63. The number of halogens is 2. The Morgan fingerprint density at radius 2 is 1.63 bits per heavy atom. The highest BCUT2D eigenvalue weighted by Crippen LogP contribution is 2.46. The zero-order valence-corrected chi connectivity index (χ0v) is 25.2. The van der Waals surface area contributed by atoms with Crippen LogP contribution in [0.1, 0.15) is 36.1 Å². The second-order valence-electron chi connectivity index (χ2n) is 10.5. The molecule has 2 saturated heterocycles. The van der Waals surface area contributed by atoms with Crippen LogP contribution in [0.3, 0.4) is 0 Å². The molecule has 1 amide bonds. The highest BCUT2D eigenvalue weighted by atomic mass is 127. The van der Waals surface area contributed by atoms with Crippen LogP contribution in [-0.2, 0) is 19.1 Å². The Labute approximate surface area is 260 Å². The van der Waals surface area contributed by atoms with Gasteiger partial charge in [0.1, 0.15) is 29.9 Å². The van der Waals surface area contributed by atoms with Gasteiger partial charge < -0.3 is 39.5 Å². The third kappa shape index (κ3) is 6.54. The average Bonchev–Trinajstić information content (AvgIpc) is 3.01. The molecule has 2 heterocycles. The SMILES string of the molecule is COC(=O)[C@H]1O[C@@H](Oc2ccc([C@@H]3C(CC[C@H](O)c4ccc(F)cc4)C(=O)N3c3ccc(I)cc3)cc2)C(O)[C@@H](O)[C@@H]1O. The van der Waals surface area contributed by atoms with Crippen LogP contribution in [0.15, 0.2) is 72.8 Å². The summed E-state index contributed by atoms with van der Waals surface area (Å²) in [5, 5.41) is 41.4. The molecule has 8 atom stereocenters. The number of rotatable bonds is 9. The van der Waals surface area contributed by atoms with Gasteiger partial charge >= 0.3 is 5.97 Å². The Bertz CT molecular complexity index is 1420. The zero-order chi connectivity index (χ0) is 30.8. The monoisotopic (exact) mass is 707 g/mol. The number of carbonyl (C=O) groups is 2. The predicted molar refractivity (Wildman–Crippen MR) is 159 cm³/mol. The lowest BCUT2D eigenvalue weighted by atomic mass is 9.78. The molecule has 0 bridgehead atoms. The average molecular weight is 707 g/mol. The van der Waals surface area contributed by atoms with Crippen molar-refractivity contribution < 1.29 is 48.6 Å². The van der Waals surface area contributed by atoms with Crippen LogP contribution in [0.4, 0.5) is 10.1 Å². The third-order valence-corrected chi connectivity index (χ3v) is 8.52. The molecule has 2 aliphatic heterocycles. The number of benzene rings is 3. The van der Waals surface area contributed by atoms with E-state index in [0.29, 0.717) is 18.4 Å². The van der Waals surface area contributed by atoms with Gasteiger partial charge in [0.15, 0.2) is 6.10 Å². The quantitative estimate of drug-likeness (QED) is 0.150. The van der Waals surface area contributed by atoms with Crippen LogP contribution >= 0.6 is 22.6 Å². The summed E-state index contributed by atoms with van der Waals surface area (Å²) in [6, 6.07) is 19.6. The number of carbonyl (C=O) groups excluding carboxylic acids is 2. The lowest BCUT2D eigenvalue weighted by molar-refractivity contribution is -0.271. The summed E-state index contributed by atoms with van der Waals surface area (Å²) in [7, 11) is 1.10. The van der Waals surface area contributed by atoms with E-state index >= 15 is 0 Å². The summed E-state index contributed by atoms with van der Waals surface area (Å²) in [6.07, 6.45) is -8.26. The second-order valence-corrected chi connectivity index (χ2v) is 11.7. The highest BCUT2D eigenvalue weighted by Gasteiger charge is 2.50. The maximum absolute atomic E-state index is 13.4. The molecule has 3 aromatic carbocycles. The number of β-lactam (4-membered cyclic amide) rings is 1. The predicted octanol–water partition coefficient (Wildman–Crippen LogP) is 3.01. The second kappa shape index (κ2) is 13.2. The smallest absolute Gasteiger partial charge is 0.337 e. The minimum Gasteiger partial charge on any atom is -0.467 e. The number of hydrogen-bond donors (Lipinski definition) is 4. The van der Waals surface area contributed by atoms with Crippen molar-refractivity contribution in [3.05, 3.63) is 93.3 Å². The Balaban J connectivity index is 1.34. The van der Waals surface area contributed by atoms with Gasteiger partial charge in [0.2, 0.25) is 12.2 Å². The van der Waals surface area contributed by atoms with Crippen LogP contribution in [0.5, 0.6) is 5.75 Å². The zero-order valence-electron chi connectivity index (χ0n) is 23.0. The van der Waals surface area contributed by atoms with E-state index in [-0.39, 0.29) is 17.7 Å². The summed E-state index contributed by atoms with van der Waals surface area (Å²) < 4.78 is 30.1. The number of hydrogen-bond acceptors (Lipinski definition) is 9. The molecular weight excluding hydrogens is 676 g/mol. The number of aliphatic hydroxyl groups excluding tert-OH is 4. The summed E-state index contributed by atoms with van der Waals surface area (Å²) in [4.78, 5) is 27.1. The van der Waals surface area contributed by atoms with Gasteiger partial charge in [0.05, 0.1) is 25.2 Å². The van der Waals surface area contributed by atoms with E-state index in [1.165, 1.54) is 24.3 Å².